The average molecular weight is 499 g/mol. The lowest BCUT2D eigenvalue weighted by molar-refractivity contribution is -0.118. The summed E-state index contributed by atoms with van der Waals surface area (Å²) in [5.74, 6) is 0.664. The third-order valence-corrected chi connectivity index (χ3v) is 6.64. The van der Waals surface area contributed by atoms with Crippen LogP contribution in [0.4, 0.5) is 0 Å². The molecule has 1 amide bonds. The van der Waals surface area contributed by atoms with Gasteiger partial charge in [-0.3, -0.25) is 14.3 Å². The number of aryl methyl sites for hydroxylation is 1. The molecule has 0 aliphatic carbocycles. The van der Waals surface area contributed by atoms with E-state index in [9.17, 15) is 4.79 Å². The van der Waals surface area contributed by atoms with Gasteiger partial charge in [0.1, 0.15) is 0 Å². The fourth-order valence-corrected chi connectivity index (χ4v) is 4.31. The van der Waals surface area contributed by atoms with E-state index in [1.807, 2.05) is 35.8 Å². The number of hydrazone groups is 1. The molecule has 0 saturated carbocycles. The number of rotatable bonds is 7. The number of thioether (sulfide) groups is 1. The maximum atomic E-state index is 12.5. The van der Waals surface area contributed by atoms with Gasteiger partial charge in [0.15, 0.2) is 11.0 Å². The minimum absolute atomic E-state index is 0.0652. The van der Waals surface area contributed by atoms with E-state index in [0.717, 1.165) is 22.6 Å². The molecule has 0 atom stereocenters. The smallest absolute Gasteiger partial charge is 0.250 e. The van der Waals surface area contributed by atoms with Crippen molar-refractivity contribution >= 4 is 23.4 Å². The lowest BCUT2D eigenvalue weighted by atomic mass is 9.87. The van der Waals surface area contributed by atoms with Crippen LogP contribution in [0.3, 0.4) is 0 Å². The minimum Gasteiger partial charge on any atom is -0.272 e. The summed E-state index contributed by atoms with van der Waals surface area (Å²) in [7, 11) is 0. The zero-order valence-electron chi connectivity index (χ0n) is 21.2. The van der Waals surface area contributed by atoms with Crippen LogP contribution in [0.5, 0.6) is 0 Å². The predicted molar refractivity (Wildman–Crippen MR) is 146 cm³/mol. The van der Waals surface area contributed by atoms with Gasteiger partial charge >= 0.3 is 0 Å². The molecule has 184 valence electrons. The molecule has 4 aromatic rings. The number of hydrogen-bond donors (Lipinski definition) is 1. The number of amides is 1. The van der Waals surface area contributed by atoms with E-state index in [-0.39, 0.29) is 17.1 Å². The third kappa shape index (κ3) is 6.07. The molecule has 2 heterocycles. The predicted octanol–water partition coefficient (Wildman–Crippen LogP) is 5.57. The number of aromatic nitrogens is 4. The Bertz CT molecular complexity index is 1350. The van der Waals surface area contributed by atoms with Gasteiger partial charge in [-0.15, -0.1) is 10.2 Å². The second-order valence-corrected chi connectivity index (χ2v) is 10.5. The Labute approximate surface area is 216 Å². The number of carbonyl (C=O) groups excluding carboxylic acids is 1. The molecule has 0 fully saturated rings. The Hall–Kier alpha value is -3.78. The summed E-state index contributed by atoms with van der Waals surface area (Å²) in [4.78, 5) is 16.5. The van der Waals surface area contributed by atoms with E-state index in [4.69, 9.17) is 0 Å². The Morgan fingerprint density at radius 1 is 0.972 bits per heavy atom. The first-order valence-electron chi connectivity index (χ1n) is 11.7. The molecule has 36 heavy (non-hydrogen) atoms. The summed E-state index contributed by atoms with van der Waals surface area (Å²) in [5, 5.41) is 13.8. The van der Waals surface area contributed by atoms with Crippen molar-refractivity contribution in [2.75, 3.05) is 5.75 Å². The van der Waals surface area contributed by atoms with Crippen molar-refractivity contribution in [3.63, 3.8) is 0 Å². The van der Waals surface area contributed by atoms with Gasteiger partial charge in [-0.25, -0.2) is 5.43 Å². The zero-order chi connectivity index (χ0) is 25.7. The van der Waals surface area contributed by atoms with Crippen LogP contribution in [0.15, 0.2) is 83.3 Å². The van der Waals surface area contributed by atoms with Gasteiger partial charge in [-0.05, 0) is 49.1 Å². The maximum absolute atomic E-state index is 12.5. The van der Waals surface area contributed by atoms with Crippen molar-refractivity contribution in [3.05, 3.63) is 89.7 Å². The Morgan fingerprint density at radius 2 is 1.64 bits per heavy atom. The van der Waals surface area contributed by atoms with Crippen molar-refractivity contribution in [1.82, 2.24) is 25.2 Å². The molecule has 0 saturated heterocycles. The highest BCUT2D eigenvalue weighted by Crippen LogP contribution is 2.30. The first-order chi connectivity index (χ1) is 17.2. The lowest BCUT2D eigenvalue weighted by Crippen LogP contribution is -2.21. The molecule has 0 aliphatic rings. The highest BCUT2D eigenvalue weighted by atomic mass is 32.2. The fraction of sp³-hybridized carbons (Fsp3) is 0.250. The summed E-state index contributed by atoms with van der Waals surface area (Å²) in [5.41, 5.74) is 8.62. The Balaban J connectivity index is 1.56. The number of nitrogens with one attached hydrogen (secondary N) is 1. The van der Waals surface area contributed by atoms with Crippen LogP contribution in [-0.2, 0) is 10.2 Å². The fourth-order valence-electron chi connectivity index (χ4n) is 3.56. The normalized spacial score (nSPS) is 12.0. The summed E-state index contributed by atoms with van der Waals surface area (Å²) >= 11 is 1.32. The SMILES string of the molecule is CC(=NNC(=O)CSc1nnc(-c2ccc(C(C)(C)C)cc2)n1-c1ccc(C)cc1)c1ccncc1. The number of carbonyl (C=O) groups is 1. The summed E-state index contributed by atoms with van der Waals surface area (Å²) in [6, 6.07) is 20.3. The summed E-state index contributed by atoms with van der Waals surface area (Å²) < 4.78 is 2.00. The number of nitrogens with zero attached hydrogens (tertiary/aromatic N) is 5. The van der Waals surface area contributed by atoms with Crippen LogP contribution < -0.4 is 5.43 Å². The van der Waals surface area contributed by atoms with Crippen molar-refractivity contribution in [3.8, 4) is 17.1 Å². The number of benzene rings is 2. The van der Waals surface area contributed by atoms with E-state index in [1.165, 1.54) is 22.9 Å². The van der Waals surface area contributed by atoms with E-state index in [0.29, 0.717) is 10.9 Å². The van der Waals surface area contributed by atoms with E-state index >= 15 is 0 Å². The molecule has 1 N–H and O–H groups in total. The van der Waals surface area contributed by atoms with Crippen LogP contribution in [0.1, 0.15) is 44.4 Å². The third-order valence-electron chi connectivity index (χ3n) is 5.71. The zero-order valence-corrected chi connectivity index (χ0v) is 22.0. The summed E-state index contributed by atoms with van der Waals surface area (Å²) in [6.07, 6.45) is 3.39. The van der Waals surface area contributed by atoms with Crippen LogP contribution >= 0.6 is 11.8 Å². The van der Waals surface area contributed by atoms with Crippen molar-refractivity contribution in [2.45, 2.75) is 45.2 Å². The molecular weight excluding hydrogens is 468 g/mol. The first kappa shape index (κ1) is 25.3. The number of pyridine rings is 1. The molecule has 0 bridgehead atoms. The summed E-state index contributed by atoms with van der Waals surface area (Å²) in [6.45, 7) is 10.5. The molecule has 7 nitrogen and oxygen atoms in total. The van der Waals surface area contributed by atoms with Crippen molar-refractivity contribution < 1.29 is 4.79 Å². The van der Waals surface area contributed by atoms with Gasteiger partial charge in [0.05, 0.1) is 11.5 Å². The van der Waals surface area contributed by atoms with Gasteiger partial charge in [-0.2, -0.15) is 5.10 Å². The molecule has 8 heteroatoms. The lowest BCUT2D eigenvalue weighted by Gasteiger charge is -2.19. The minimum atomic E-state index is -0.219. The van der Waals surface area contributed by atoms with E-state index in [2.05, 4.69) is 89.8 Å². The molecule has 0 aliphatic heterocycles. The highest BCUT2D eigenvalue weighted by molar-refractivity contribution is 7.99. The van der Waals surface area contributed by atoms with Crippen LogP contribution in [0.2, 0.25) is 0 Å². The van der Waals surface area contributed by atoms with Crippen molar-refractivity contribution in [2.24, 2.45) is 5.10 Å². The molecular formula is C28H30N6OS. The largest absolute Gasteiger partial charge is 0.272 e. The van der Waals surface area contributed by atoms with E-state index in [1.54, 1.807) is 12.4 Å². The standard InChI is InChI=1S/C28H30N6OS/c1-19-6-12-24(13-7-19)34-26(22-8-10-23(11-9-22)28(3,4)5)32-33-27(34)36-18-25(35)31-30-20(2)21-14-16-29-17-15-21/h6-17H,18H2,1-5H3,(H,31,35). The topological polar surface area (TPSA) is 85.1 Å². The molecule has 2 aromatic heterocycles. The quantitative estimate of drug-likeness (QED) is 0.205. The monoisotopic (exact) mass is 498 g/mol. The van der Waals surface area contributed by atoms with Gasteiger partial charge < -0.3 is 0 Å². The second kappa shape index (κ2) is 10.9. The molecule has 0 radical (unpaired) electrons. The average Bonchev–Trinajstić information content (AvgIpc) is 3.30. The van der Waals surface area contributed by atoms with Gasteiger partial charge in [0, 0.05) is 29.2 Å². The Morgan fingerprint density at radius 3 is 2.28 bits per heavy atom. The molecule has 0 spiro atoms. The van der Waals surface area contributed by atoms with Crippen LogP contribution in [-0.4, -0.2) is 37.1 Å². The van der Waals surface area contributed by atoms with Crippen molar-refractivity contribution in [1.29, 1.82) is 0 Å². The first-order valence-corrected chi connectivity index (χ1v) is 12.7. The van der Waals surface area contributed by atoms with Crippen LogP contribution in [0, 0.1) is 6.92 Å². The van der Waals surface area contributed by atoms with Gasteiger partial charge in [-0.1, -0.05) is 74.5 Å². The molecule has 0 unspecified atom stereocenters. The van der Waals surface area contributed by atoms with Gasteiger partial charge in [0.2, 0.25) is 0 Å². The molecule has 2 aromatic carbocycles. The van der Waals surface area contributed by atoms with Crippen LogP contribution in [0.25, 0.3) is 17.1 Å². The van der Waals surface area contributed by atoms with Gasteiger partial charge in [0.25, 0.3) is 5.91 Å². The number of hydrogen-bond acceptors (Lipinski definition) is 6. The maximum Gasteiger partial charge on any atom is 0.250 e. The van der Waals surface area contributed by atoms with E-state index < -0.39 is 0 Å². The second-order valence-electron chi connectivity index (χ2n) is 9.56. The molecule has 4 rings (SSSR count). The highest BCUT2D eigenvalue weighted by Gasteiger charge is 2.19. The Kier molecular flexibility index (Phi) is 7.64.